The second kappa shape index (κ2) is 10.8. The van der Waals surface area contributed by atoms with Crippen molar-refractivity contribution in [2.75, 3.05) is 30.6 Å². The topological polar surface area (TPSA) is 75.7 Å². The molecule has 0 atom stereocenters. The molecule has 0 aliphatic heterocycles. The van der Waals surface area contributed by atoms with Gasteiger partial charge in [-0.15, -0.1) is 6.58 Å². The maximum atomic E-state index is 13.4. The molecule has 0 bridgehead atoms. The van der Waals surface area contributed by atoms with Crippen LogP contribution in [0, 0.1) is 5.92 Å². The minimum atomic E-state index is -4.01. The fourth-order valence-corrected chi connectivity index (χ4v) is 4.97. The Labute approximate surface area is 188 Å². The lowest BCUT2D eigenvalue weighted by molar-refractivity contribution is 0.0937. The second-order valence-corrected chi connectivity index (χ2v) is 9.67. The van der Waals surface area contributed by atoms with Gasteiger partial charge in [0.05, 0.1) is 17.3 Å². The highest BCUT2D eigenvalue weighted by molar-refractivity contribution is 7.93. The third-order valence-corrected chi connectivity index (χ3v) is 7.18. The van der Waals surface area contributed by atoms with Gasteiger partial charge in [-0.2, -0.15) is 0 Å². The zero-order valence-corrected chi connectivity index (χ0v) is 18.9. The molecule has 0 heterocycles. The van der Waals surface area contributed by atoms with E-state index in [2.05, 4.69) is 11.9 Å². The first-order valence-corrected chi connectivity index (χ1v) is 12.1. The highest BCUT2D eigenvalue weighted by atomic mass is 35.5. The number of para-hydroxylation sites is 1. The van der Waals surface area contributed by atoms with E-state index < -0.39 is 10.0 Å². The molecule has 3 rings (SSSR count). The van der Waals surface area contributed by atoms with Crippen molar-refractivity contribution >= 4 is 33.2 Å². The summed E-state index contributed by atoms with van der Waals surface area (Å²) in [5.41, 5.74) is 0.716. The Bertz CT molecular complexity index is 1010. The van der Waals surface area contributed by atoms with Crippen LogP contribution >= 0.6 is 11.6 Å². The van der Waals surface area contributed by atoms with E-state index in [0.29, 0.717) is 31.2 Å². The lowest BCUT2D eigenvalue weighted by atomic mass is 10.2. The number of ether oxygens (including phenoxy) is 1. The summed E-state index contributed by atoms with van der Waals surface area (Å²) >= 11 is 6.23. The maximum absolute atomic E-state index is 13.4. The van der Waals surface area contributed by atoms with Gasteiger partial charge in [0, 0.05) is 25.3 Å². The third-order valence-electron chi connectivity index (χ3n) is 4.90. The number of nitrogens with zero attached hydrogens (tertiary/aromatic N) is 1. The Morgan fingerprint density at radius 3 is 2.65 bits per heavy atom. The molecule has 0 unspecified atom stereocenters. The van der Waals surface area contributed by atoms with Crippen molar-refractivity contribution in [2.45, 2.75) is 24.2 Å². The van der Waals surface area contributed by atoms with Gasteiger partial charge in [-0.1, -0.05) is 35.9 Å². The summed E-state index contributed by atoms with van der Waals surface area (Å²) in [7, 11) is -4.01. The summed E-state index contributed by atoms with van der Waals surface area (Å²) in [5, 5.41) is 2.85. The monoisotopic (exact) mass is 462 g/mol. The number of carbonyl (C=O) groups excluding carboxylic acids is 1. The third kappa shape index (κ3) is 6.32. The van der Waals surface area contributed by atoms with E-state index in [4.69, 9.17) is 16.3 Å². The molecule has 1 saturated carbocycles. The van der Waals surface area contributed by atoms with Gasteiger partial charge in [0.2, 0.25) is 0 Å². The summed E-state index contributed by atoms with van der Waals surface area (Å²) < 4.78 is 33.5. The molecule has 0 spiro atoms. The summed E-state index contributed by atoms with van der Waals surface area (Å²) in [6.07, 6.45) is 4.68. The van der Waals surface area contributed by atoms with Crippen molar-refractivity contribution in [1.82, 2.24) is 5.32 Å². The second-order valence-electron chi connectivity index (χ2n) is 7.43. The van der Waals surface area contributed by atoms with Crippen molar-refractivity contribution < 1.29 is 17.9 Å². The predicted molar refractivity (Wildman–Crippen MR) is 123 cm³/mol. The summed E-state index contributed by atoms with van der Waals surface area (Å²) in [6.45, 7) is 5.55. The number of hydrogen-bond acceptors (Lipinski definition) is 4. The van der Waals surface area contributed by atoms with Crippen LogP contribution in [0.4, 0.5) is 5.69 Å². The van der Waals surface area contributed by atoms with Crippen LogP contribution in [-0.4, -0.2) is 40.6 Å². The first-order chi connectivity index (χ1) is 14.9. The average Bonchev–Trinajstić information content (AvgIpc) is 3.59. The van der Waals surface area contributed by atoms with E-state index in [1.54, 1.807) is 30.3 Å². The van der Waals surface area contributed by atoms with Crippen LogP contribution in [-0.2, 0) is 14.8 Å². The first kappa shape index (κ1) is 23.3. The van der Waals surface area contributed by atoms with Crippen LogP contribution in [0.1, 0.15) is 29.6 Å². The van der Waals surface area contributed by atoms with Gasteiger partial charge in [-0.05, 0) is 55.5 Å². The van der Waals surface area contributed by atoms with Crippen LogP contribution < -0.4 is 9.62 Å². The lowest BCUT2D eigenvalue weighted by Crippen LogP contribution is -2.32. The Hall–Kier alpha value is -2.35. The molecule has 2 aromatic rings. The molecule has 1 fully saturated rings. The molecule has 0 saturated heterocycles. The summed E-state index contributed by atoms with van der Waals surface area (Å²) in [6, 6.07) is 12.9. The number of hydrogen-bond donors (Lipinski definition) is 1. The highest BCUT2D eigenvalue weighted by Crippen LogP contribution is 2.30. The molecule has 8 heteroatoms. The van der Waals surface area contributed by atoms with Crippen molar-refractivity contribution in [3.63, 3.8) is 0 Å². The molecule has 1 amide bonds. The normalized spacial score (nSPS) is 13.6. The molecule has 1 N–H and O–H groups in total. The SMILES string of the molecule is C=CCN(c1ccccc1)S(=O)(=O)c1cc(C(=O)NCCCOCC2CC2)ccc1Cl. The molecule has 31 heavy (non-hydrogen) atoms. The van der Waals surface area contributed by atoms with Crippen molar-refractivity contribution in [3.8, 4) is 0 Å². The molecule has 0 aromatic heterocycles. The van der Waals surface area contributed by atoms with E-state index >= 15 is 0 Å². The standard InChI is InChI=1S/C23H27ClN2O4S/c1-2-14-26(20-7-4-3-5-8-20)31(28,29)22-16-19(11-12-21(22)24)23(27)25-13-6-15-30-17-18-9-10-18/h2-5,7-8,11-12,16,18H,1,6,9-10,13-15,17H2,(H,25,27). The zero-order valence-electron chi connectivity index (χ0n) is 17.3. The van der Waals surface area contributed by atoms with Gasteiger partial charge in [-0.25, -0.2) is 8.42 Å². The molecule has 6 nitrogen and oxygen atoms in total. The Kier molecular flexibility index (Phi) is 8.12. The predicted octanol–water partition coefficient (Wildman–Crippen LogP) is 4.27. The Morgan fingerprint density at radius 2 is 1.97 bits per heavy atom. The van der Waals surface area contributed by atoms with E-state index in [9.17, 15) is 13.2 Å². The molecule has 1 aliphatic rings. The number of nitrogens with one attached hydrogen (secondary N) is 1. The van der Waals surface area contributed by atoms with Gasteiger partial charge in [0.25, 0.3) is 15.9 Å². The largest absolute Gasteiger partial charge is 0.381 e. The molecule has 0 radical (unpaired) electrons. The number of anilines is 1. The number of sulfonamides is 1. The van der Waals surface area contributed by atoms with Crippen molar-refractivity contribution in [1.29, 1.82) is 0 Å². The van der Waals surface area contributed by atoms with Gasteiger partial charge in [0.15, 0.2) is 0 Å². The number of amides is 1. The van der Waals surface area contributed by atoms with Gasteiger partial charge >= 0.3 is 0 Å². The van der Waals surface area contributed by atoms with E-state index in [1.807, 2.05) is 0 Å². The molecule has 166 valence electrons. The van der Waals surface area contributed by atoms with Crippen LogP contribution in [0.15, 0.2) is 66.1 Å². The van der Waals surface area contributed by atoms with Crippen LogP contribution in [0.3, 0.4) is 0 Å². The number of rotatable bonds is 12. The Morgan fingerprint density at radius 1 is 1.23 bits per heavy atom. The van der Waals surface area contributed by atoms with Crippen molar-refractivity contribution in [2.24, 2.45) is 5.92 Å². The van der Waals surface area contributed by atoms with Crippen LogP contribution in [0.25, 0.3) is 0 Å². The highest BCUT2D eigenvalue weighted by Gasteiger charge is 2.27. The maximum Gasteiger partial charge on any atom is 0.266 e. The number of carbonyl (C=O) groups is 1. The van der Waals surface area contributed by atoms with Gasteiger partial charge in [0.1, 0.15) is 4.90 Å². The Balaban J connectivity index is 1.70. The fourth-order valence-electron chi connectivity index (χ4n) is 3.03. The van der Waals surface area contributed by atoms with E-state index in [-0.39, 0.29) is 27.9 Å². The van der Waals surface area contributed by atoms with Gasteiger partial charge < -0.3 is 10.1 Å². The number of halogens is 1. The smallest absolute Gasteiger partial charge is 0.266 e. The quantitative estimate of drug-likeness (QED) is 0.377. The summed E-state index contributed by atoms with van der Waals surface area (Å²) in [5.74, 6) is 0.353. The first-order valence-electron chi connectivity index (χ1n) is 10.3. The molecule has 2 aromatic carbocycles. The minimum Gasteiger partial charge on any atom is -0.381 e. The fraction of sp³-hybridized carbons (Fsp3) is 0.348. The molecule has 1 aliphatic carbocycles. The van der Waals surface area contributed by atoms with Gasteiger partial charge in [-0.3, -0.25) is 9.10 Å². The zero-order chi connectivity index (χ0) is 22.3. The number of benzene rings is 2. The van der Waals surface area contributed by atoms with E-state index in [0.717, 1.165) is 6.61 Å². The minimum absolute atomic E-state index is 0.0509. The van der Waals surface area contributed by atoms with Crippen LogP contribution in [0.2, 0.25) is 5.02 Å². The van der Waals surface area contributed by atoms with Crippen LogP contribution in [0.5, 0.6) is 0 Å². The molecular formula is C23H27ClN2O4S. The van der Waals surface area contributed by atoms with E-state index in [1.165, 1.54) is 41.4 Å². The average molecular weight is 463 g/mol. The lowest BCUT2D eigenvalue weighted by Gasteiger charge is -2.24. The molecular weight excluding hydrogens is 436 g/mol. The van der Waals surface area contributed by atoms with Crippen molar-refractivity contribution in [3.05, 3.63) is 71.8 Å². The summed E-state index contributed by atoms with van der Waals surface area (Å²) in [4.78, 5) is 12.4.